The molecule has 21 heavy (non-hydrogen) atoms. The minimum atomic E-state index is -0.291. The average molecular weight is 296 g/mol. The van der Waals surface area contributed by atoms with Crippen LogP contribution in [0.25, 0.3) is 0 Å². The first-order chi connectivity index (χ1) is 9.94. The quantitative estimate of drug-likeness (QED) is 0.662. The number of nitrogens with one attached hydrogen (secondary N) is 1. The predicted molar refractivity (Wildman–Crippen MR) is 81.8 cm³/mol. The fourth-order valence-electron chi connectivity index (χ4n) is 2.05. The molecule has 0 fully saturated rings. The maximum Gasteiger partial charge on any atom is 0.253 e. The van der Waals surface area contributed by atoms with Crippen LogP contribution >= 0.6 is 0 Å². The van der Waals surface area contributed by atoms with Gasteiger partial charge in [-0.05, 0) is 18.4 Å². The van der Waals surface area contributed by atoms with Crippen molar-refractivity contribution in [1.29, 1.82) is 0 Å². The second-order valence-corrected chi connectivity index (χ2v) is 5.13. The number of hydrogen-bond donors (Lipinski definition) is 3. The fraction of sp³-hybridized carbons (Fsp3) is 0.533. The number of nitrogen functional groups attached to an aromatic ring is 1. The number of carbonyl (C=O) groups is 1. The van der Waals surface area contributed by atoms with Gasteiger partial charge >= 0.3 is 0 Å². The number of anilines is 1. The number of amides is 1. The summed E-state index contributed by atoms with van der Waals surface area (Å²) in [5.41, 5.74) is 6.55. The van der Waals surface area contributed by atoms with Gasteiger partial charge < -0.3 is 25.6 Å². The summed E-state index contributed by atoms with van der Waals surface area (Å²) in [4.78, 5) is 12.4. The fourth-order valence-corrected chi connectivity index (χ4v) is 2.05. The monoisotopic (exact) mass is 296 g/mol. The number of nitrogens with two attached hydrogens (primary N) is 1. The van der Waals surface area contributed by atoms with E-state index in [1.54, 1.807) is 12.1 Å². The van der Waals surface area contributed by atoms with Crippen LogP contribution in [0.1, 0.15) is 30.6 Å². The molecule has 1 amide bonds. The van der Waals surface area contributed by atoms with E-state index in [4.69, 9.17) is 20.3 Å². The Kier molecular flexibility index (Phi) is 6.30. The van der Waals surface area contributed by atoms with Gasteiger partial charge in [0.25, 0.3) is 5.91 Å². The summed E-state index contributed by atoms with van der Waals surface area (Å²) in [5.74, 6) is 0.838. The number of rotatable bonds is 7. The van der Waals surface area contributed by atoms with E-state index in [2.05, 4.69) is 5.32 Å². The summed E-state index contributed by atoms with van der Waals surface area (Å²) in [7, 11) is 3.01. The van der Waals surface area contributed by atoms with Gasteiger partial charge in [0.2, 0.25) is 0 Å². The third kappa shape index (κ3) is 4.26. The van der Waals surface area contributed by atoms with Crippen molar-refractivity contribution in [2.75, 3.05) is 26.6 Å². The van der Waals surface area contributed by atoms with Gasteiger partial charge in [-0.15, -0.1) is 0 Å². The molecule has 118 valence electrons. The number of hydrogen-bond acceptors (Lipinski definition) is 5. The second kappa shape index (κ2) is 7.73. The predicted octanol–water partition coefficient (Wildman–Crippen LogP) is 1.42. The van der Waals surface area contributed by atoms with E-state index in [1.165, 1.54) is 14.2 Å². The molecule has 0 bridgehead atoms. The zero-order valence-corrected chi connectivity index (χ0v) is 13.0. The van der Waals surface area contributed by atoms with E-state index >= 15 is 0 Å². The zero-order chi connectivity index (χ0) is 16.0. The van der Waals surface area contributed by atoms with Gasteiger partial charge in [0, 0.05) is 24.4 Å². The molecule has 0 spiro atoms. The normalized spacial score (nSPS) is 12.1. The van der Waals surface area contributed by atoms with Crippen LogP contribution in [0, 0.1) is 5.92 Å². The van der Waals surface area contributed by atoms with Crippen molar-refractivity contribution in [2.45, 2.75) is 26.3 Å². The third-order valence-corrected chi connectivity index (χ3v) is 3.36. The molecule has 0 aliphatic rings. The first-order valence-electron chi connectivity index (χ1n) is 6.87. The Morgan fingerprint density at radius 1 is 1.29 bits per heavy atom. The van der Waals surface area contributed by atoms with Gasteiger partial charge in [-0.25, -0.2) is 0 Å². The minimum absolute atomic E-state index is 0.0184. The van der Waals surface area contributed by atoms with Crippen molar-refractivity contribution in [2.24, 2.45) is 5.92 Å². The molecule has 4 N–H and O–H groups in total. The Balaban J connectivity index is 3.01. The molecule has 1 atom stereocenters. The first-order valence-corrected chi connectivity index (χ1v) is 6.87. The van der Waals surface area contributed by atoms with Crippen molar-refractivity contribution in [1.82, 2.24) is 5.32 Å². The largest absolute Gasteiger partial charge is 0.493 e. The molecule has 0 aromatic heterocycles. The summed E-state index contributed by atoms with van der Waals surface area (Å²) >= 11 is 0. The van der Waals surface area contributed by atoms with E-state index in [9.17, 15) is 4.79 Å². The maximum absolute atomic E-state index is 12.4. The molecule has 6 nitrogen and oxygen atoms in total. The summed E-state index contributed by atoms with van der Waals surface area (Å²) in [6.07, 6.45) is 0.497. The van der Waals surface area contributed by atoms with E-state index in [0.717, 1.165) is 0 Å². The highest BCUT2D eigenvalue weighted by atomic mass is 16.5. The lowest BCUT2D eigenvalue weighted by molar-refractivity contribution is 0.0917. The molecule has 0 aliphatic heterocycles. The SMILES string of the molecule is COc1cc(N)c(C(=O)NC(CCO)C(C)C)cc1OC. The van der Waals surface area contributed by atoms with Crippen molar-refractivity contribution in [3.8, 4) is 11.5 Å². The van der Waals surface area contributed by atoms with E-state index in [0.29, 0.717) is 29.2 Å². The van der Waals surface area contributed by atoms with Crippen LogP contribution in [-0.4, -0.2) is 37.9 Å². The molecule has 0 saturated heterocycles. The lowest BCUT2D eigenvalue weighted by atomic mass is 10.0. The van der Waals surface area contributed by atoms with Gasteiger partial charge in [-0.1, -0.05) is 13.8 Å². The summed E-state index contributed by atoms with van der Waals surface area (Å²) < 4.78 is 10.3. The smallest absolute Gasteiger partial charge is 0.253 e. The molecular weight excluding hydrogens is 272 g/mol. The van der Waals surface area contributed by atoms with Crippen molar-refractivity contribution in [3.63, 3.8) is 0 Å². The molecule has 0 radical (unpaired) electrons. The number of benzene rings is 1. The topological polar surface area (TPSA) is 93.8 Å². The zero-order valence-electron chi connectivity index (χ0n) is 13.0. The second-order valence-electron chi connectivity index (χ2n) is 5.13. The number of aliphatic hydroxyl groups excluding tert-OH is 1. The summed E-state index contributed by atoms with van der Waals surface area (Å²) in [6, 6.07) is 3.00. The van der Waals surface area contributed by atoms with Crippen LogP contribution in [0.5, 0.6) is 11.5 Å². The van der Waals surface area contributed by atoms with E-state index < -0.39 is 0 Å². The highest BCUT2D eigenvalue weighted by molar-refractivity contribution is 6.00. The molecule has 6 heteroatoms. The van der Waals surface area contributed by atoms with Gasteiger partial charge in [0.1, 0.15) is 0 Å². The highest BCUT2D eigenvalue weighted by Gasteiger charge is 2.20. The number of methoxy groups -OCH3 is 2. The van der Waals surface area contributed by atoms with E-state index in [-0.39, 0.29) is 24.5 Å². The van der Waals surface area contributed by atoms with Crippen LogP contribution in [-0.2, 0) is 0 Å². The Morgan fingerprint density at radius 2 is 1.86 bits per heavy atom. The van der Waals surface area contributed by atoms with Gasteiger partial charge in [-0.2, -0.15) is 0 Å². The van der Waals surface area contributed by atoms with Gasteiger partial charge in [0.05, 0.1) is 19.8 Å². The maximum atomic E-state index is 12.4. The van der Waals surface area contributed by atoms with Crippen LogP contribution in [0.2, 0.25) is 0 Å². The Labute approximate surface area is 125 Å². The Hall–Kier alpha value is -1.95. The highest BCUT2D eigenvalue weighted by Crippen LogP contribution is 2.31. The molecule has 0 aliphatic carbocycles. The molecule has 1 aromatic rings. The van der Waals surface area contributed by atoms with Crippen molar-refractivity contribution in [3.05, 3.63) is 17.7 Å². The Morgan fingerprint density at radius 3 is 2.33 bits per heavy atom. The molecule has 1 rings (SSSR count). The lowest BCUT2D eigenvalue weighted by Crippen LogP contribution is -2.39. The van der Waals surface area contributed by atoms with Crippen LogP contribution in [0.3, 0.4) is 0 Å². The first kappa shape index (κ1) is 17.1. The molecule has 1 unspecified atom stereocenters. The lowest BCUT2D eigenvalue weighted by Gasteiger charge is -2.22. The number of aliphatic hydroxyl groups is 1. The number of carbonyl (C=O) groups excluding carboxylic acids is 1. The van der Waals surface area contributed by atoms with Crippen LogP contribution in [0.15, 0.2) is 12.1 Å². The molecular formula is C15H24N2O4. The standard InChI is InChI=1S/C15H24N2O4/c1-9(2)12(5-6-18)17-15(19)10-7-13(20-3)14(21-4)8-11(10)16/h7-9,12,18H,5-6,16H2,1-4H3,(H,17,19). The summed E-state index contributed by atoms with van der Waals surface area (Å²) in [5, 5.41) is 11.9. The van der Waals surface area contributed by atoms with Crippen molar-refractivity contribution >= 4 is 11.6 Å². The minimum Gasteiger partial charge on any atom is -0.493 e. The van der Waals surface area contributed by atoms with E-state index in [1.807, 2.05) is 13.8 Å². The van der Waals surface area contributed by atoms with Crippen LogP contribution in [0.4, 0.5) is 5.69 Å². The number of ether oxygens (including phenoxy) is 2. The Bertz CT molecular complexity index is 489. The third-order valence-electron chi connectivity index (χ3n) is 3.36. The summed E-state index contributed by atoms with van der Waals surface area (Å²) in [6.45, 7) is 3.99. The van der Waals surface area contributed by atoms with Gasteiger partial charge in [-0.3, -0.25) is 4.79 Å². The molecule has 1 aromatic carbocycles. The molecule has 0 saturated carbocycles. The van der Waals surface area contributed by atoms with Crippen LogP contribution < -0.4 is 20.5 Å². The van der Waals surface area contributed by atoms with Crippen molar-refractivity contribution < 1.29 is 19.4 Å². The average Bonchev–Trinajstić information content (AvgIpc) is 2.45. The molecule has 0 heterocycles. The van der Waals surface area contributed by atoms with Gasteiger partial charge in [0.15, 0.2) is 11.5 Å².